The van der Waals surface area contributed by atoms with Gasteiger partial charge in [0.2, 0.25) is 0 Å². The molecule has 6 heteroatoms. The number of aliphatic hydroxyl groups excluding tert-OH is 1. The van der Waals surface area contributed by atoms with Gasteiger partial charge in [-0.05, 0) is 43.0 Å². The third-order valence-electron chi connectivity index (χ3n) is 4.57. The van der Waals surface area contributed by atoms with Crippen molar-refractivity contribution in [1.82, 2.24) is 0 Å². The van der Waals surface area contributed by atoms with Gasteiger partial charge in [-0.3, -0.25) is 0 Å². The van der Waals surface area contributed by atoms with Crippen LogP contribution in [-0.4, -0.2) is 18.2 Å². The summed E-state index contributed by atoms with van der Waals surface area (Å²) in [5, 5.41) is 11.1. The van der Waals surface area contributed by atoms with Gasteiger partial charge in [0.1, 0.15) is 29.4 Å². The molecule has 2 aromatic carbocycles. The maximum absolute atomic E-state index is 12.7. The number of ether oxygens (including phenoxy) is 3. The van der Waals surface area contributed by atoms with Gasteiger partial charge >= 0.3 is 5.97 Å². The number of hydrogen-bond acceptors (Lipinski definition) is 5. The lowest BCUT2D eigenvalue weighted by atomic mass is 9.96. The summed E-state index contributed by atoms with van der Waals surface area (Å²) in [6.45, 7) is 5.91. The zero-order chi connectivity index (χ0) is 19.7. The first-order chi connectivity index (χ1) is 12.8. The second-order valence-corrected chi connectivity index (χ2v) is 7.44. The predicted molar refractivity (Wildman–Crippen MR) is 103 cm³/mol. The van der Waals surface area contributed by atoms with Crippen LogP contribution in [0.1, 0.15) is 53.4 Å². The predicted octanol–water partition coefficient (Wildman–Crippen LogP) is 5.20. The van der Waals surface area contributed by atoms with Crippen LogP contribution in [0.3, 0.4) is 0 Å². The third kappa shape index (κ3) is 3.75. The molecule has 0 saturated heterocycles. The van der Waals surface area contributed by atoms with Gasteiger partial charge < -0.3 is 19.3 Å². The lowest BCUT2D eigenvalue weighted by Gasteiger charge is -2.23. The molecule has 0 aliphatic carbocycles. The molecular formula is C21H23ClO5. The summed E-state index contributed by atoms with van der Waals surface area (Å²) in [4.78, 5) is 12.7. The summed E-state index contributed by atoms with van der Waals surface area (Å²) in [7, 11) is 1.46. The molecule has 1 N–H and O–H groups in total. The number of aryl methyl sites for hydroxylation is 1. The number of aliphatic hydroxyl groups is 1. The molecule has 1 heterocycles. The molecule has 3 rings (SSSR count). The number of esters is 1. The normalized spacial score (nSPS) is 14.4. The third-order valence-corrected chi connectivity index (χ3v) is 5.10. The molecule has 27 heavy (non-hydrogen) atoms. The first kappa shape index (κ1) is 19.5. The van der Waals surface area contributed by atoms with E-state index in [1.54, 1.807) is 18.2 Å². The van der Waals surface area contributed by atoms with E-state index in [0.717, 1.165) is 5.56 Å². The van der Waals surface area contributed by atoms with E-state index in [1.807, 2.05) is 26.8 Å². The Hall–Kier alpha value is -2.24. The van der Waals surface area contributed by atoms with Crippen molar-refractivity contribution in [2.75, 3.05) is 7.11 Å². The molecular weight excluding hydrogens is 368 g/mol. The van der Waals surface area contributed by atoms with Gasteiger partial charge in [-0.2, -0.15) is 0 Å². The maximum Gasteiger partial charge on any atom is 0.346 e. The molecule has 5 nitrogen and oxygen atoms in total. The van der Waals surface area contributed by atoms with Gasteiger partial charge in [0.05, 0.1) is 23.8 Å². The fourth-order valence-corrected chi connectivity index (χ4v) is 3.40. The van der Waals surface area contributed by atoms with E-state index in [-0.39, 0.29) is 23.8 Å². The second-order valence-electron chi connectivity index (χ2n) is 7.06. The van der Waals surface area contributed by atoms with E-state index in [1.165, 1.54) is 7.11 Å². The monoisotopic (exact) mass is 390 g/mol. The lowest BCUT2D eigenvalue weighted by molar-refractivity contribution is 0.0455. The van der Waals surface area contributed by atoms with E-state index < -0.39 is 12.1 Å². The number of rotatable bonds is 4. The average Bonchev–Trinajstić information content (AvgIpc) is 2.61. The van der Waals surface area contributed by atoms with Gasteiger partial charge in [0.15, 0.2) is 0 Å². The number of benzene rings is 2. The van der Waals surface area contributed by atoms with E-state index in [2.05, 4.69) is 0 Å². The molecule has 1 atom stereocenters. The van der Waals surface area contributed by atoms with Crippen molar-refractivity contribution in [2.24, 2.45) is 5.92 Å². The molecule has 0 aromatic heterocycles. The van der Waals surface area contributed by atoms with Crippen LogP contribution in [0.25, 0.3) is 0 Å². The van der Waals surface area contributed by atoms with Crippen LogP contribution in [0.5, 0.6) is 17.2 Å². The lowest BCUT2D eigenvalue weighted by Crippen LogP contribution is -2.15. The first-order valence-electron chi connectivity index (χ1n) is 8.85. The number of cyclic esters (lactones) is 1. The highest BCUT2D eigenvalue weighted by Gasteiger charge is 2.29. The number of carbonyl (C=O) groups excluding carboxylic acids is 1. The van der Waals surface area contributed by atoms with Crippen LogP contribution >= 0.6 is 11.6 Å². The van der Waals surface area contributed by atoms with Crippen molar-refractivity contribution < 1.29 is 24.1 Å². The van der Waals surface area contributed by atoms with Crippen LogP contribution in [0, 0.1) is 12.8 Å². The van der Waals surface area contributed by atoms with Crippen molar-refractivity contribution in [3.63, 3.8) is 0 Å². The fourth-order valence-electron chi connectivity index (χ4n) is 3.19. The standard InChI is InChI=1S/C21H23ClO5/c1-11(2)9-15(23)13-6-8-17-18(20(13)25-4)21(24)26-10-14-16(27-17)7-5-12(3)19(14)22/h5-8,11,15,23H,9-10H2,1-4H3/t15-/m0/s1. The van der Waals surface area contributed by atoms with Crippen molar-refractivity contribution in [3.8, 4) is 17.2 Å². The summed E-state index contributed by atoms with van der Waals surface area (Å²) in [6, 6.07) is 7.02. The van der Waals surface area contributed by atoms with E-state index >= 15 is 0 Å². The zero-order valence-electron chi connectivity index (χ0n) is 15.8. The Morgan fingerprint density at radius 1 is 1.22 bits per heavy atom. The number of fused-ring (bicyclic) bond motifs is 2. The number of halogens is 1. The number of methoxy groups -OCH3 is 1. The number of hydrogen-bond donors (Lipinski definition) is 1. The minimum atomic E-state index is -0.757. The van der Waals surface area contributed by atoms with Gasteiger partial charge in [0, 0.05) is 5.56 Å². The van der Waals surface area contributed by atoms with Crippen molar-refractivity contribution in [2.45, 2.75) is 39.9 Å². The number of carbonyl (C=O) groups is 1. The Labute approximate surface area is 163 Å². The summed E-state index contributed by atoms with van der Waals surface area (Å²) >= 11 is 6.36. The Morgan fingerprint density at radius 2 is 1.93 bits per heavy atom. The van der Waals surface area contributed by atoms with Crippen LogP contribution in [-0.2, 0) is 11.3 Å². The SMILES string of the molecule is COc1c([C@@H](O)CC(C)C)ccc2c1C(=O)OCc1c(ccc(C)c1Cl)O2. The zero-order valence-corrected chi connectivity index (χ0v) is 16.6. The Kier molecular flexibility index (Phi) is 5.63. The Bertz CT molecular complexity index is 875. The van der Waals surface area contributed by atoms with Crippen LogP contribution in [0.4, 0.5) is 0 Å². The van der Waals surface area contributed by atoms with Gasteiger partial charge in [-0.1, -0.05) is 31.5 Å². The Balaban J connectivity index is 2.12. The maximum atomic E-state index is 12.7. The van der Waals surface area contributed by atoms with E-state index in [4.69, 9.17) is 25.8 Å². The topological polar surface area (TPSA) is 65.0 Å². The molecule has 0 bridgehead atoms. The quantitative estimate of drug-likeness (QED) is 0.727. The molecule has 0 fully saturated rings. The molecule has 1 aliphatic rings. The average molecular weight is 391 g/mol. The van der Waals surface area contributed by atoms with Gasteiger partial charge in [0.25, 0.3) is 0 Å². The highest BCUT2D eigenvalue weighted by Crippen LogP contribution is 2.42. The van der Waals surface area contributed by atoms with Crippen LogP contribution in [0.15, 0.2) is 24.3 Å². The molecule has 0 radical (unpaired) electrons. The molecule has 1 aliphatic heterocycles. The highest BCUT2D eigenvalue weighted by molar-refractivity contribution is 6.32. The van der Waals surface area contributed by atoms with Crippen molar-refractivity contribution >= 4 is 17.6 Å². The molecule has 0 unspecified atom stereocenters. The minimum absolute atomic E-state index is 0.00392. The second kappa shape index (κ2) is 7.79. The molecule has 2 aromatic rings. The van der Waals surface area contributed by atoms with E-state index in [9.17, 15) is 9.90 Å². The summed E-state index contributed by atoms with van der Waals surface area (Å²) in [5.74, 6) is 0.804. The highest BCUT2D eigenvalue weighted by atomic mass is 35.5. The summed E-state index contributed by atoms with van der Waals surface area (Å²) < 4.78 is 16.9. The summed E-state index contributed by atoms with van der Waals surface area (Å²) in [6.07, 6.45) is -0.212. The molecule has 0 amide bonds. The van der Waals surface area contributed by atoms with Crippen molar-refractivity contribution in [3.05, 3.63) is 51.5 Å². The van der Waals surface area contributed by atoms with Gasteiger partial charge in [-0.25, -0.2) is 4.79 Å². The largest absolute Gasteiger partial charge is 0.495 e. The van der Waals surface area contributed by atoms with E-state index in [0.29, 0.717) is 34.1 Å². The van der Waals surface area contributed by atoms with Gasteiger partial charge in [-0.15, -0.1) is 0 Å². The first-order valence-corrected chi connectivity index (χ1v) is 9.23. The Morgan fingerprint density at radius 3 is 2.59 bits per heavy atom. The molecule has 144 valence electrons. The van der Waals surface area contributed by atoms with Crippen LogP contribution in [0.2, 0.25) is 5.02 Å². The fraction of sp³-hybridized carbons (Fsp3) is 0.381. The van der Waals surface area contributed by atoms with Crippen molar-refractivity contribution in [1.29, 1.82) is 0 Å². The smallest absolute Gasteiger partial charge is 0.346 e. The molecule has 0 spiro atoms. The summed E-state index contributed by atoms with van der Waals surface area (Å²) in [5.41, 5.74) is 2.20. The van der Waals surface area contributed by atoms with Crippen LogP contribution < -0.4 is 9.47 Å². The molecule has 0 saturated carbocycles. The minimum Gasteiger partial charge on any atom is -0.495 e.